The van der Waals surface area contributed by atoms with Crippen molar-refractivity contribution in [3.63, 3.8) is 0 Å². The van der Waals surface area contributed by atoms with Gasteiger partial charge >= 0.3 is 0 Å². The van der Waals surface area contributed by atoms with Crippen LogP contribution in [0.2, 0.25) is 0 Å². The lowest BCUT2D eigenvalue weighted by Gasteiger charge is -2.25. The van der Waals surface area contributed by atoms with Crippen LogP contribution < -0.4 is 15.5 Å². The van der Waals surface area contributed by atoms with Gasteiger partial charge in [-0.1, -0.05) is 84.9 Å². The Kier molecular flexibility index (Phi) is 6.68. The second-order valence-electron chi connectivity index (χ2n) is 7.04. The number of hydrogen-bond acceptors (Lipinski definition) is 3. The van der Waals surface area contributed by atoms with Gasteiger partial charge in [0.15, 0.2) is 13.1 Å². The highest BCUT2D eigenvalue weighted by Gasteiger charge is 2.40. The smallest absolute Gasteiger partial charge is 0.189 e. The van der Waals surface area contributed by atoms with Crippen LogP contribution in [0.3, 0.4) is 0 Å². The largest absolute Gasteiger partial charge is 0.385 e. The van der Waals surface area contributed by atoms with Crippen molar-refractivity contribution in [2.24, 2.45) is 0 Å². The number of rotatable bonds is 7. The predicted octanol–water partition coefficient (Wildman–Crippen LogP) is 4.44. The molecule has 5 heteroatoms. The molecule has 3 nitrogen and oxygen atoms in total. The van der Waals surface area contributed by atoms with E-state index in [0.29, 0.717) is 10.6 Å². The van der Waals surface area contributed by atoms with Crippen molar-refractivity contribution >= 4 is 29.5 Å². The van der Waals surface area contributed by atoms with Crippen molar-refractivity contribution in [2.75, 3.05) is 19.0 Å². The molecule has 0 radical (unpaired) electrons. The van der Waals surface area contributed by atoms with Gasteiger partial charge in [-0.3, -0.25) is 0 Å². The summed E-state index contributed by atoms with van der Waals surface area (Å²) in [6.07, 6.45) is 1.51. The van der Waals surface area contributed by atoms with E-state index in [9.17, 15) is 9.67 Å². The van der Waals surface area contributed by atoms with E-state index < -0.39 is 19.2 Å². The van der Waals surface area contributed by atoms with Crippen LogP contribution in [0.4, 0.5) is 10.1 Å². The van der Waals surface area contributed by atoms with Gasteiger partial charge in [-0.25, -0.2) is 4.39 Å². The summed E-state index contributed by atoms with van der Waals surface area (Å²) in [7, 11) is 0.215. The number of halogens is 1. The number of hydrogen-bond donors (Lipinski definition) is 1. The molecule has 29 heavy (non-hydrogen) atoms. The Morgan fingerprint density at radius 3 is 1.79 bits per heavy atom. The Balaban J connectivity index is 1.90. The first-order valence-corrected chi connectivity index (χ1v) is 11.2. The molecular weight excluding hydrogens is 384 g/mol. The third-order valence-electron chi connectivity index (χ3n) is 4.80. The maximum absolute atomic E-state index is 15.5. The van der Waals surface area contributed by atoms with Crippen LogP contribution in [0.1, 0.15) is 5.56 Å². The number of anilines is 1. The average Bonchev–Trinajstić information content (AvgIpc) is 2.77. The lowest BCUT2D eigenvalue weighted by Crippen LogP contribution is -2.30. The highest BCUT2D eigenvalue weighted by molar-refractivity contribution is 7.79. The molecule has 0 amide bonds. The second-order valence-corrected chi connectivity index (χ2v) is 9.88. The number of aliphatic hydroxyl groups is 1. The molecule has 0 saturated heterocycles. The summed E-state index contributed by atoms with van der Waals surface area (Å²) in [6, 6.07) is 24.8. The lowest BCUT2D eigenvalue weighted by molar-refractivity contribution is 0.160. The summed E-state index contributed by atoms with van der Waals surface area (Å²) in [4.78, 5) is 1.98. The number of nitrogens with zero attached hydrogens (tertiary/aromatic N) is 1. The van der Waals surface area contributed by atoms with Gasteiger partial charge in [0, 0.05) is 30.4 Å². The summed E-state index contributed by atoms with van der Waals surface area (Å²) in [5.41, 5.74) is 1.87. The number of benzene rings is 3. The summed E-state index contributed by atoms with van der Waals surface area (Å²) >= 11 is 0. The molecule has 0 aliphatic rings. The van der Waals surface area contributed by atoms with Crippen LogP contribution in [0.25, 0.3) is 6.08 Å². The van der Waals surface area contributed by atoms with Crippen LogP contribution in [-0.2, 0) is 4.57 Å². The minimum atomic E-state index is -3.69. The van der Waals surface area contributed by atoms with Gasteiger partial charge in [0.05, 0.1) is 0 Å². The molecule has 0 fully saturated rings. The molecule has 0 bridgehead atoms. The van der Waals surface area contributed by atoms with Crippen LogP contribution >= 0.6 is 7.14 Å². The minimum Gasteiger partial charge on any atom is -0.385 e. The molecule has 0 spiro atoms. The van der Waals surface area contributed by atoms with Crippen molar-refractivity contribution in [1.29, 1.82) is 0 Å². The Bertz CT molecular complexity index is 945. The van der Waals surface area contributed by atoms with Gasteiger partial charge in [0.2, 0.25) is 0 Å². The van der Waals surface area contributed by atoms with Crippen LogP contribution in [-0.4, -0.2) is 31.2 Å². The van der Waals surface area contributed by atoms with Crippen molar-refractivity contribution < 1.29 is 14.1 Å². The van der Waals surface area contributed by atoms with E-state index in [2.05, 4.69) is 0 Å². The van der Waals surface area contributed by atoms with Crippen molar-refractivity contribution in [2.45, 2.75) is 12.0 Å². The topological polar surface area (TPSA) is 40.5 Å². The normalized spacial score (nSPS) is 13.9. The summed E-state index contributed by atoms with van der Waals surface area (Å²) in [6.45, 7) is 0. The molecule has 3 rings (SSSR count). The third kappa shape index (κ3) is 4.67. The van der Waals surface area contributed by atoms with E-state index in [1.165, 1.54) is 6.08 Å². The molecule has 0 saturated carbocycles. The minimum absolute atomic E-state index is 0.390. The molecule has 0 unspecified atom stereocenters. The molecule has 3 aromatic carbocycles. The predicted molar refractivity (Wildman–Crippen MR) is 120 cm³/mol. The molecule has 2 atom stereocenters. The first-order chi connectivity index (χ1) is 13.9. The fourth-order valence-corrected chi connectivity index (χ4v) is 5.76. The zero-order valence-corrected chi connectivity index (χ0v) is 17.4. The van der Waals surface area contributed by atoms with Crippen molar-refractivity contribution in [3.8, 4) is 0 Å². The molecule has 0 aromatic heterocycles. The van der Waals surface area contributed by atoms with E-state index in [-0.39, 0.29) is 0 Å². The zero-order valence-electron chi connectivity index (χ0n) is 16.5. The van der Waals surface area contributed by atoms with E-state index in [0.717, 1.165) is 11.3 Å². The molecule has 0 aliphatic heterocycles. The summed E-state index contributed by atoms with van der Waals surface area (Å²) < 4.78 is 29.4. The fraction of sp³-hybridized carbons (Fsp3) is 0.167. The maximum Gasteiger partial charge on any atom is 0.189 e. The second kappa shape index (κ2) is 9.21. The Morgan fingerprint density at radius 2 is 1.34 bits per heavy atom. The Labute approximate surface area is 171 Å². The van der Waals surface area contributed by atoms with Gasteiger partial charge in [0.25, 0.3) is 0 Å². The van der Waals surface area contributed by atoms with Crippen LogP contribution in [0.15, 0.2) is 91.0 Å². The highest BCUT2D eigenvalue weighted by Crippen LogP contribution is 2.50. The standard InChI is InChI=1S/C24H25FNO2P/c1-26(2)20-16-13-19(14-17-20)15-18-23(27)24(25)29(28,21-9-5-3-6-10-21)22-11-7-4-8-12-22/h3-18,23-24,27H,1-2H3/b18-15+/t23-,24+/m0/s1. The SMILES string of the molecule is CN(C)c1ccc(/C=C/[C@H](O)[C@H](F)P(=O)(c2ccccc2)c2ccccc2)cc1. The number of alkyl halides is 1. The van der Waals surface area contributed by atoms with E-state index >= 15 is 4.39 Å². The molecule has 0 heterocycles. The lowest BCUT2D eigenvalue weighted by atomic mass is 10.1. The van der Waals surface area contributed by atoms with Gasteiger partial charge in [-0.15, -0.1) is 0 Å². The zero-order chi connectivity index (χ0) is 20.9. The molecule has 150 valence electrons. The van der Waals surface area contributed by atoms with Gasteiger partial charge in [-0.2, -0.15) is 0 Å². The highest BCUT2D eigenvalue weighted by atomic mass is 31.2. The quantitative estimate of drug-likeness (QED) is 0.587. The maximum atomic E-state index is 15.5. The average molecular weight is 409 g/mol. The van der Waals surface area contributed by atoms with E-state index in [1.54, 1.807) is 66.7 Å². The first-order valence-electron chi connectivity index (χ1n) is 9.41. The third-order valence-corrected chi connectivity index (χ3v) is 7.93. The van der Waals surface area contributed by atoms with Crippen LogP contribution in [0, 0.1) is 0 Å². The Hall–Kier alpha value is -2.68. The van der Waals surface area contributed by atoms with E-state index in [1.807, 2.05) is 43.3 Å². The van der Waals surface area contributed by atoms with Gasteiger partial charge < -0.3 is 14.6 Å². The van der Waals surface area contributed by atoms with E-state index in [4.69, 9.17) is 0 Å². The molecule has 0 aliphatic carbocycles. The van der Waals surface area contributed by atoms with Gasteiger partial charge in [0.1, 0.15) is 6.10 Å². The van der Waals surface area contributed by atoms with Gasteiger partial charge in [-0.05, 0) is 17.7 Å². The summed E-state index contributed by atoms with van der Waals surface area (Å²) in [5.74, 6) is -1.95. The van der Waals surface area contributed by atoms with Crippen molar-refractivity contribution in [1.82, 2.24) is 0 Å². The molecule has 3 aromatic rings. The fourth-order valence-electron chi connectivity index (χ4n) is 3.13. The van der Waals surface area contributed by atoms with Crippen LogP contribution in [0.5, 0.6) is 0 Å². The first kappa shape index (κ1) is 21.0. The number of aliphatic hydroxyl groups excluding tert-OH is 1. The summed E-state index contributed by atoms with van der Waals surface area (Å²) in [5, 5.41) is 11.3. The molecular formula is C24H25FNO2P. The Morgan fingerprint density at radius 1 is 0.862 bits per heavy atom. The monoisotopic (exact) mass is 409 g/mol. The van der Waals surface area contributed by atoms with Crippen molar-refractivity contribution in [3.05, 3.63) is 96.6 Å². The molecule has 1 N–H and O–H groups in total.